The molecule has 96 valence electrons. The number of nitrogens with zero attached hydrogens (tertiary/aromatic N) is 1. The number of aromatic amines is 1. The van der Waals surface area contributed by atoms with Crippen molar-refractivity contribution in [2.45, 2.75) is 33.4 Å². The molecule has 0 radical (unpaired) electrons. The first-order valence-electron chi connectivity index (χ1n) is 6.12. The van der Waals surface area contributed by atoms with Crippen molar-refractivity contribution in [2.75, 3.05) is 0 Å². The molecular weight excluding hydrogens is 226 g/mol. The summed E-state index contributed by atoms with van der Waals surface area (Å²) >= 11 is 0. The van der Waals surface area contributed by atoms with Crippen molar-refractivity contribution < 1.29 is 4.74 Å². The van der Waals surface area contributed by atoms with Gasteiger partial charge in [-0.3, -0.25) is 5.10 Å². The first kappa shape index (κ1) is 12.6. The van der Waals surface area contributed by atoms with Gasteiger partial charge in [0.1, 0.15) is 5.75 Å². The van der Waals surface area contributed by atoms with Crippen molar-refractivity contribution >= 4 is 0 Å². The van der Waals surface area contributed by atoms with Crippen LogP contribution in [0.15, 0.2) is 24.3 Å². The number of nitrogens with one attached hydrogen (secondary N) is 1. The lowest BCUT2D eigenvalue weighted by atomic mass is 10.1. The lowest BCUT2D eigenvalue weighted by Crippen LogP contribution is -2.05. The van der Waals surface area contributed by atoms with Gasteiger partial charge in [0.25, 0.3) is 0 Å². The molecule has 4 heteroatoms. The predicted octanol–water partition coefficient (Wildman–Crippen LogP) is 2.63. The summed E-state index contributed by atoms with van der Waals surface area (Å²) in [5, 5.41) is 7.29. The van der Waals surface area contributed by atoms with Crippen LogP contribution in [-0.4, -0.2) is 16.3 Å². The van der Waals surface area contributed by atoms with E-state index in [0.29, 0.717) is 6.54 Å². The third-order valence-corrected chi connectivity index (χ3v) is 2.76. The average Bonchev–Trinajstić information content (AvgIpc) is 2.70. The maximum Gasteiger partial charge on any atom is 0.120 e. The highest BCUT2D eigenvalue weighted by molar-refractivity contribution is 5.65. The summed E-state index contributed by atoms with van der Waals surface area (Å²) in [6.45, 7) is 6.48. The van der Waals surface area contributed by atoms with Crippen LogP contribution < -0.4 is 10.5 Å². The SMILES string of the molecule is Cc1[nH]nc(-c2cccc(OC(C)C)c2)c1CN. The smallest absolute Gasteiger partial charge is 0.120 e. The van der Waals surface area contributed by atoms with Crippen molar-refractivity contribution in [3.63, 3.8) is 0 Å². The maximum absolute atomic E-state index is 5.76. The minimum Gasteiger partial charge on any atom is -0.491 e. The molecule has 0 aliphatic rings. The second-order valence-electron chi connectivity index (χ2n) is 4.57. The van der Waals surface area contributed by atoms with Gasteiger partial charge >= 0.3 is 0 Å². The fourth-order valence-electron chi connectivity index (χ4n) is 1.93. The molecule has 0 saturated carbocycles. The van der Waals surface area contributed by atoms with E-state index in [2.05, 4.69) is 10.2 Å². The summed E-state index contributed by atoms with van der Waals surface area (Å²) in [5.74, 6) is 0.853. The highest BCUT2D eigenvalue weighted by atomic mass is 16.5. The Morgan fingerprint density at radius 3 is 2.83 bits per heavy atom. The van der Waals surface area contributed by atoms with Crippen molar-refractivity contribution in [1.29, 1.82) is 0 Å². The van der Waals surface area contributed by atoms with Crippen molar-refractivity contribution in [3.8, 4) is 17.0 Å². The van der Waals surface area contributed by atoms with Crippen LogP contribution in [0.25, 0.3) is 11.3 Å². The van der Waals surface area contributed by atoms with E-state index in [1.807, 2.05) is 45.0 Å². The summed E-state index contributed by atoms with van der Waals surface area (Å²) < 4.78 is 5.69. The van der Waals surface area contributed by atoms with Crippen LogP contribution in [0.4, 0.5) is 0 Å². The number of H-pyrrole nitrogens is 1. The number of benzene rings is 1. The molecule has 3 N–H and O–H groups in total. The summed E-state index contributed by atoms with van der Waals surface area (Å²) in [7, 11) is 0. The Balaban J connectivity index is 2.38. The highest BCUT2D eigenvalue weighted by Gasteiger charge is 2.11. The molecule has 1 heterocycles. The zero-order chi connectivity index (χ0) is 13.1. The summed E-state index contributed by atoms with van der Waals surface area (Å²) in [5.41, 5.74) is 9.76. The van der Waals surface area contributed by atoms with Gasteiger partial charge in [-0.2, -0.15) is 5.10 Å². The highest BCUT2D eigenvalue weighted by Crippen LogP contribution is 2.26. The van der Waals surface area contributed by atoms with E-state index < -0.39 is 0 Å². The van der Waals surface area contributed by atoms with Gasteiger partial charge < -0.3 is 10.5 Å². The molecule has 0 aliphatic heterocycles. The normalized spacial score (nSPS) is 10.9. The minimum absolute atomic E-state index is 0.162. The van der Waals surface area contributed by atoms with Gasteiger partial charge in [-0.25, -0.2) is 0 Å². The molecule has 0 bridgehead atoms. The molecule has 2 aromatic rings. The van der Waals surface area contributed by atoms with Gasteiger partial charge in [-0.15, -0.1) is 0 Å². The number of hydrogen-bond acceptors (Lipinski definition) is 3. The lowest BCUT2D eigenvalue weighted by molar-refractivity contribution is 0.242. The zero-order valence-electron chi connectivity index (χ0n) is 11.0. The minimum atomic E-state index is 0.162. The van der Waals surface area contributed by atoms with Crippen molar-refractivity contribution in [3.05, 3.63) is 35.5 Å². The third kappa shape index (κ3) is 2.54. The maximum atomic E-state index is 5.76. The Morgan fingerprint density at radius 1 is 1.39 bits per heavy atom. The molecule has 0 fully saturated rings. The van der Waals surface area contributed by atoms with E-state index in [9.17, 15) is 0 Å². The largest absolute Gasteiger partial charge is 0.491 e. The average molecular weight is 245 g/mol. The summed E-state index contributed by atoms with van der Waals surface area (Å²) in [4.78, 5) is 0. The third-order valence-electron chi connectivity index (χ3n) is 2.76. The quantitative estimate of drug-likeness (QED) is 0.870. The van der Waals surface area contributed by atoms with Gasteiger partial charge in [0.15, 0.2) is 0 Å². The lowest BCUT2D eigenvalue weighted by Gasteiger charge is -2.10. The van der Waals surface area contributed by atoms with Crippen LogP contribution in [0.1, 0.15) is 25.1 Å². The first-order chi connectivity index (χ1) is 8.61. The number of aryl methyl sites for hydroxylation is 1. The monoisotopic (exact) mass is 245 g/mol. The Bertz CT molecular complexity index is 532. The van der Waals surface area contributed by atoms with Crippen LogP contribution in [0.3, 0.4) is 0 Å². The molecular formula is C14H19N3O. The van der Waals surface area contributed by atoms with Gasteiger partial charge in [0.05, 0.1) is 11.8 Å². The second-order valence-corrected chi connectivity index (χ2v) is 4.57. The Morgan fingerprint density at radius 2 is 2.17 bits per heavy atom. The number of aromatic nitrogens is 2. The van der Waals surface area contributed by atoms with Crippen molar-refractivity contribution in [1.82, 2.24) is 10.2 Å². The van der Waals surface area contributed by atoms with Crippen LogP contribution >= 0.6 is 0 Å². The van der Waals surface area contributed by atoms with E-state index in [1.165, 1.54) is 0 Å². The molecule has 0 spiro atoms. The molecule has 2 rings (SSSR count). The molecule has 4 nitrogen and oxygen atoms in total. The topological polar surface area (TPSA) is 63.9 Å². The molecule has 0 atom stereocenters. The number of ether oxygens (including phenoxy) is 1. The zero-order valence-corrected chi connectivity index (χ0v) is 11.0. The fraction of sp³-hybridized carbons (Fsp3) is 0.357. The Labute approximate surface area is 107 Å². The molecule has 0 aliphatic carbocycles. The van der Waals surface area contributed by atoms with Gasteiger partial charge in [0, 0.05) is 23.4 Å². The number of rotatable bonds is 4. The Hall–Kier alpha value is -1.81. The molecule has 0 saturated heterocycles. The molecule has 18 heavy (non-hydrogen) atoms. The molecule has 1 aromatic heterocycles. The number of nitrogens with two attached hydrogens (primary N) is 1. The van der Waals surface area contributed by atoms with Crippen LogP contribution in [-0.2, 0) is 6.54 Å². The van der Waals surface area contributed by atoms with Crippen LogP contribution in [0.2, 0.25) is 0 Å². The fourth-order valence-corrected chi connectivity index (χ4v) is 1.93. The van der Waals surface area contributed by atoms with Crippen LogP contribution in [0, 0.1) is 6.92 Å². The van der Waals surface area contributed by atoms with E-state index in [0.717, 1.165) is 28.3 Å². The summed E-state index contributed by atoms with van der Waals surface area (Å²) in [6, 6.07) is 7.93. The first-order valence-corrected chi connectivity index (χ1v) is 6.12. The molecule has 1 aromatic carbocycles. The van der Waals surface area contributed by atoms with Gasteiger partial charge in [-0.05, 0) is 32.9 Å². The van der Waals surface area contributed by atoms with Gasteiger partial charge in [-0.1, -0.05) is 12.1 Å². The van der Waals surface area contributed by atoms with E-state index in [-0.39, 0.29) is 6.10 Å². The molecule has 0 amide bonds. The van der Waals surface area contributed by atoms with E-state index >= 15 is 0 Å². The predicted molar refractivity (Wildman–Crippen MR) is 72.4 cm³/mol. The second kappa shape index (κ2) is 5.23. The standard InChI is InChI=1S/C14H19N3O/c1-9(2)18-12-6-4-5-11(7-12)14-13(8-15)10(3)16-17-14/h4-7,9H,8,15H2,1-3H3,(H,16,17). The van der Waals surface area contributed by atoms with E-state index in [1.54, 1.807) is 0 Å². The van der Waals surface area contributed by atoms with Crippen LogP contribution in [0.5, 0.6) is 5.75 Å². The summed E-state index contributed by atoms with van der Waals surface area (Å²) in [6.07, 6.45) is 0.162. The van der Waals surface area contributed by atoms with E-state index in [4.69, 9.17) is 10.5 Å². The molecule has 0 unspecified atom stereocenters. The van der Waals surface area contributed by atoms with Gasteiger partial charge in [0.2, 0.25) is 0 Å². The Kier molecular flexibility index (Phi) is 3.67. The number of hydrogen-bond donors (Lipinski definition) is 2. The van der Waals surface area contributed by atoms with Crippen molar-refractivity contribution in [2.24, 2.45) is 5.73 Å².